The summed E-state index contributed by atoms with van der Waals surface area (Å²) in [6.45, 7) is 0. The van der Waals surface area contributed by atoms with Gasteiger partial charge in [0.1, 0.15) is 5.15 Å². The fourth-order valence-corrected chi connectivity index (χ4v) is 2.87. The van der Waals surface area contributed by atoms with Crippen LogP contribution in [0.2, 0.25) is 5.15 Å². The topological polar surface area (TPSA) is 102 Å². The number of anilines is 1. The molecule has 2 rings (SSSR count). The van der Waals surface area contributed by atoms with Crippen LogP contribution in [-0.4, -0.2) is 19.3 Å². The molecule has 3 N–H and O–H groups in total. The summed E-state index contributed by atoms with van der Waals surface area (Å²) >= 11 is 5.66. The van der Waals surface area contributed by atoms with Gasteiger partial charge in [-0.25, -0.2) is 13.4 Å². The monoisotopic (exact) mass is 311 g/mol. The van der Waals surface area contributed by atoms with Crippen LogP contribution in [0.15, 0.2) is 47.5 Å². The lowest BCUT2D eigenvalue weighted by atomic mass is 10.2. The van der Waals surface area contributed by atoms with E-state index in [2.05, 4.69) is 9.71 Å². The van der Waals surface area contributed by atoms with Crippen LogP contribution in [0.25, 0.3) is 0 Å². The van der Waals surface area contributed by atoms with Crippen LogP contribution < -0.4 is 10.5 Å². The van der Waals surface area contributed by atoms with E-state index in [9.17, 15) is 13.2 Å². The van der Waals surface area contributed by atoms with E-state index >= 15 is 0 Å². The molecule has 0 atom stereocenters. The number of amides is 1. The van der Waals surface area contributed by atoms with Gasteiger partial charge >= 0.3 is 0 Å². The molecule has 0 fully saturated rings. The molecule has 1 aromatic heterocycles. The zero-order chi connectivity index (χ0) is 14.8. The van der Waals surface area contributed by atoms with Gasteiger partial charge in [-0.3, -0.25) is 9.52 Å². The summed E-state index contributed by atoms with van der Waals surface area (Å²) in [6, 6.07) is 8.54. The molecule has 1 heterocycles. The van der Waals surface area contributed by atoms with Gasteiger partial charge in [-0.2, -0.15) is 0 Å². The first kappa shape index (κ1) is 14.3. The molecule has 0 aliphatic rings. The number of pyridine rings is 1. The maximum Gasteiger partial charge on any atom is 0.262 e. The van der Waals surface area contributed by atoms with Crippen LogP contribution in [0.5, 0.6) is 0 Å². The zero-order valence-electron chi connectivity index (χ0n) is 10.1. The SMILES string of the molecule is NC(=O)c1ccccc1NS(=O)(=O)c1ccnc(Cl)c1. The molecule has 1 amide bonds. The third-order valence-electron chi connectivity index (χ3n) is 2.45. The number of halogens is 1. The Bertz CT molecular complexity index is 762. The normalized spacial score (nSPS) is 11.1. The van der Waals surface area contributed by atoms with Gasteiger partial charge in [-0.05, 0) is 24.3 Å². The minimum Gasteiger partial charge on any atom is -0.366 e. The second kappa shape index (κ2) is 5.48. The number of nitrogens with two attached hydrogens (primary N) is 1. The maximum absolute atomic E-state index is 12.2. The van der Waals surface area contributed by atoms with Crippen molar-refractivity contribution in [2.75, 3.05) is 4.72 Å². The Labute approximate surface area is 120 Å². The van der Waals surface area contributed by atoms with Crippen molar-refractivity contribution in [3.8, 4) is 0 Å². The fourth-order valence-electron chi connectivity index (χ4n) is 1.54. The van der Waals surface area contributed by atoms with Crippen molar-refractivity contribution in [1.29, 1.82) is 0 Å². The van der Waals surface area contributed by atoms with Crippen molar-refractivity contribution < 1.29 is 13.2 Å². The number of aromatic nitrogens is 1. The summed E-state index contributed by atoms with van der Waals surface area (Å²) in [5, 5.41) is 0.0519. The highest BCUT2D eigenvalue weighted by Gasteiger charge is 2.17. The van der Waals surface area contributed by atoms with E-state index < -0.39 is 15.9 Å². The van der Waals surface area contributed by atoms with E-state index in [1.54, 1.807) is 12.1 Å². The predicted octanol–water partition coefficient (Wildman–Crippen LogP) is 1.63. The Balaban J connectivity index is 2.41. The van der Waals surface area contributed by atoms with E-state index in [1.807, 2.05) is 0 Å². The van der Waals surface area contributed by atoms with Crippen LogP contribution in [-0.2, 0) is 10.0 Å². The van der Waals surface area contributed by atoms with Crippen molar-refractivity contribution in [3.63, 3.8) is 0 Å². The smallest absolute Gasteiger partial charge is 0.262 e. The van der Waals surface area contributed by atoms with E-state index in [0.717, 1.165) is 0 Å². The first-order chi connectivity index (χ1) is 9.40. The van der Waals surface area contributed by atoms with Crippen molar-refractivity contribution in [2.24, 2.45) is 5.73 Å². The summed E-state index contributed by atoms with van der Waals surface area (Å²) in [7, 11) is -3.87. The quantitative estimate of drug-likeness (QED) is 0.838. The third kappa shape index (κ3) is 3.06. The lowest BCUT2D eigenvalue weighted by Gasteiger charge is -2.10. The van der Waals surface area contributed by atoms with Gasteiger partial charge in [0.15, 0.2) is 0 Å². The van der Waals surface area contributed by atoms with E-state index in [4.69, 9.17) is 17.3 Å². The molecule has 0 aliphatic heterocycles. The van der Waals surface area contributed by atoms with Gasteiger partial charge in [0.2, 0.25) is 0 Å². The maximum atomic E-state index is 12.2. The number of benzene rings is 1. The highest BCUT2D eigenvalue weighted by Crippen LogP contribution is 2.20. The molecule has 2 aromatic rings. The second-order valence-corrected chi connectivity index (χ2v) is 5.90. The van der Waals surface area contributed by atoms with Crippen LogP contribution >= 0.6 is 11.6 Å². The Morgan fingerprint density at radius 3 is 2.60 bits per heavy atom. The molecule has 104 valence electrons. The number of para-hydroxylation sites is 1. The standard InChI is InChI=1S/C12H10ClN3O3S/c13-11-7-8(5-6-15-11)20(18,19)16-10-4-2-1-3-9(10)12(14)17/h1-7,16H,(H2,14,17). The molecule has 8 heteroatoms. The average Bonchev–Trinajstić information content (AvgIpc) is 2.38. The van der Waals surface area contributed by atoms with Crippen LogP contribution in [0.1, 0.15) is 10.4 Å². The molecule has 20 heavy (non-hydrogen) atoms. The number of hydrogen-bond donors (Lipinski definition) is 2. The number of primary amides is 1. The lowest BCUT2D eigenvalue weighted by molar-refractivity contribution is 0.100. The number of carbonyl (C=O) groups is 1. The first-order valence-electron chi connectivity index (χ1n) is 5.43. The minimum absolute atomic E-state index is 0.0519. The number of rotatable bonds is 4. The largest absolute Gasteiger partial charge is 0.366 e. The zero-order valence-corrected chi connectivity index (χ0v) is 11.6. The molecule has 0 aliphatic carbocycles. The molecule has 0 saturated carbocycles. The summed E-state index contributed by atoms with van der Waals surface area (Å²) in [4.78, 5) is 14.9. The molecular formula is C12H10ClN3O3S. The molecular weight excluding hydrogens is 302 g/mol. The van der Waals surface area contributed by atoms with Gasteiger partial charge in [-0.15, -0.1) is 0 Å². The fraction of sp³-hybridized carbons (Fsp3) is 0. The van der Waals surface area contributed by atoms with E-state index in [-0.39, 0.29) is 21.3 Å². The lowest BCUT2D eigenvalue weighted by Crippen LogP contribution is -2.18. The Morgan fingerprint density at radius 2 is 1.95 bits per heavy atom. The summed E-state index contributed by atoms with van der Waals surface area (Å²) < 4.78 is 26.7. The summed E-state index contributed by atoms with van der Waals surface area (Å²) in [6.07, 6.45) is 1.27. The molecule has 0 unspecified atom stereocenters. The Morgan fingerprint density at radius 1 is 1.25 bits per heavy atom. The van der Waals surface area contributed by atoms with Crippen molar-refractivity contribution in [3.05, 3.63) is 53.3 Å². The van der Waals surface area contributed by atoms with Crippen LogP contribution in [0.4, 0.5) is 5.69 Å². The summed E-state index contributed by atoms with van der Waals surface area (Å²) in [5.41, 5.74) is 5.38. The Hall–Kier alpha value is -2.12. The second-order valence-electron chi connectivity index (χ2n) is 3.83. The molecule has 6 nitrogen and oxygen atoms in total. The van der Waals surface area contributed by atoms with Crippen LogP contribution in [0.3, 0.4) is 0 Å². The predicted molar refractivity (Wildman–Crippen MR) is 75.0 cm³/mol. The van der Waals surface area contributed by atoms with Crippen molar-refractivity contribution >= 4 is 33.2 Å². The number of nitrogens with zero attached hydrogens (tertiary/aromatic N) is 1. The molecule has 0 spiro atoms. The van der Waals surface area contributed by atoms with Gasteiger partial charge in [0.05, 0.1) is 16.1 Å². The Kier molecular flexibility index (Phi) is 3.91. The average molecular weight is 312 g/mol. The first-order valence-corrected chi connectivity index (χ1v) is 7.29. The molecule has 0 saturated heterocycles. The summed E-state index contributed by atoms with van der Waals surface area (Å²) in [5.74, 6) is -0.726. The van der Waals surface area contributed by atoms with Crippen molar-refractivity contribution in [1.82, 2.24) is 4.98 Å². The third-order valence-corrected chi connectivity index (χ3v) is 4.02. The number of carbonyl (C=O) groups excluding carboxylic acids is 1. The van der Waals surface area contributed by atoms with Gasteiger partial charge in [0, 0.05) is 6.20 Å². The number of sulfonamides is 1. The van der Waals surface area contributed by atoms with Gasteiger partial charge in [-0.1, -0.05) is 23.7 Å². The molecule has 0 bridgehead atoms. The van der Waals surface area contributed by atoms with Gasteiger partial charge in [0.25, 0.3) is 15.9 Å². The molecule has 0 radical (unpaired) electrons. The van der Waals surface area contributed by atoms with E-state index in [0.29, 0.717) is 0 Å². The van der Waals surface area contributed by atoms with Gasteiger partial charge < -0.3 is 5.73 Å². The highest BCUT2D eigenvalue weighted by molar-refractivity contribution is 7.92. The highest BCUT2D eigenvalue weighted by atomic mass is 35.5. The van der Waals surface area contributed by atoms with Crippen molar-refractivity contribution in [2.45, 2.75) is 4.90 Å². The molecule has 1 aromatic carbocycles. The van der Waals surface area contributed by atoms with Crippen LogP contribution in [0, 0.1) is 0 Å². The number of nitrogens with one attached hydrogen (secondary N) is 1. The minimum atomic E-state index is -3.87. The van der Waals surface area contributed by atoms with E-state index in [1.165, 1.54) is 30.5 Å². The number of hydrogen-bond acceptors (Lipinski definition) is 4.